The Kier molecular flexibility index (Phi) is 3.55. The van der Waals surface area contributed by atoms with Gasteiger partial charge < -0.3 is 14.6 Å². The van der Waals surface area contributed by atoms with E-state index in [0.29, 0.717) is 25.6 Å². The van der Waals surface area contributed by atoms with Crippen LogP contribution in [0.3, 0.4) is 0 Å². The highest BCUT2D eigenvalue weighted by molar-refractivity contribution is 5.79. The minimum Gasteiger partial charge on any atom is -0.367 e. The lowest BCUT2D eigenvalue weighted by Gasteiger charge is -2.33. The number of nitrogens with zero attached hydrogens (tertiary/aromatic N) is 2. The van der Waals surface area contributed by atoms with Crippen LogP contribution in [0.1, 0.15) is 43.3 Å². The van der Waals surface area contributed by atoms with E-state index in [4.69, 9.17) is 4.74 Å². The zero-order valence-corrected chi connectivity index (χ0v) is 11.4. The van der Waals surface area contributed by atoms with E-state index in [1.165, 1.54) is 12.8 Å². The lowest BCUT2D eigenvalue weighted by molar-refractivity contribution is -0.143. The van der Waals surface area contributed by atoms with Gasteiger partial charge in [-0.15, -0.1) is 0 Å². The molecule has 0 unspecified atom stereocenters. The number of aryl methyl sites for hydroxylation is 1. The largest absolute Gasteiger partial charge is 0.367 e. The molecule has 2 heterocycles. The van der Waals surface area contributed by atoms with Crippen LogP contribution in [0.5, 0.6) is 0 Å². The summed E-state index contributed by atoms with van der Waals surface area (Å²) in [5.74, 6) is 1.40. The van der Waals surface area contributed by atoms with Crippen molar-refractivity contribution in [2.24, 2.45) is 5.92 Å². The van der Waals surface area contributed by atoms with Crippen LogP contribution in [0.15, 0.2) is 6.20 Å². The van der Waals surface area contributed by atoms with Gasteiger partial charge in [0.15, 0.2) is 0 Å². The summed E-state index contributed by atoms with van der Waals surface area (Å²) in [5, 5.41) is 0. The SMILES string of the molecule is Cc1cnc([C@H]2CN(C(=O)C3CCCC3)CCO2)[nH]1. The monoisotopic (exact) mass is 263 g/mol. The summed E-state index contributed by atoms with van der Waals surface area (Å²) < 4.78 is 5.73. The van der Waals surface area contributed by atoms with Crippen molar-refractivity contribution in [3.63, 3.8) is 0 Å². The van der Waals surface area contributed by atoms with E-state index >= 15 is 0 Å². The van der Waals surface area contributed by atoms with Crippen molar-refractivity contribution in [2.75, 3.05) is 19.7 Å². The molecule has 1 atom stereocenters. The molecule has 0 aromatic carbocycles. The first kappa shape index (κ1) is 12.7. The zero-order chi connectivity index (χ0) is 13.2. The Bertz CT molecular complexity index is 451. The number of carbonyl (C=O) groups is 1. The van der Waals surface area contributed by atoms with Gasteiger partial charge in [-0.3, -0.25) is 4.79 Å². The van der Waals surface area contributed by atoms with Crippen LogP contribution >= 0.6 is 0 Å². The minimum atomic E-state index is -0.104. The van der Waals surface area contributed by atoms with Crippen molar-refractivity contribution in [1.29, 1.82) is 0 Å². The summed E-state index contributed by atoms with van der Waals surface area (Å²) in [6, 6.07) is 0. The second-order valence-corrected chi connectivity index (χ2v) is 5.58. The number of aromatic nitrogens is 2. The Morgan fingerprint density at radius 3 is 2.95 bits per heavy atom. The van der Waals surface area contributed by atoms with Gasteiger partial charge in [0.25, 0.3) is 0 Å². The quantitative estimate of drug-likeness (QED) is 0.885. The topological polar surface area (TPSA) is 58.2 Å². The van der Waals surface area contributed by atoms with Crippen LogP contribution in [-0.2, 0) is 9.53 Å². The molecule has 2 aliphatic rings. The van der Waals surface area contributed by atoms with Gasteiger partial charge in [0.05, 0.1) is 13.2 Å². The predicted molar refractivity (Wildman–Crippen MR) is 70.6 cm³/mol. The van der Waals surface area contributed by atoms with Crippen LogP contribution in [-0.4, -0.2) is 40.5 Å². The molecule has 1 aliphatic heterocycles. The van der Waals surface area contributed by atoms with Gasteiger partial charge in [0.2, 0.25) is 5.91 Å². The smallest absolute Gasteiger partial charge is 0.225 e. The molecule has 0 bridgehead atoms. The number of H-pyrrole nitrogens is 1. The first-order valence-electron chi connectivity index (χ1n) is 7.16. The molecular weight excluding hydrogens is 242 g/mol. The first-order valence-corrected chi connectivity index (χ1v) is 7.16. The van der Waals surface area contributed by atoms with E-state index in [0.717, 1.165) is 24.4 Å². The fourth-order valence-electron chi connectivity index (χ4n) is 3.04. The second kappa shape index (κ2) is 5.33. The molecule has 1 aliphatic carbocycles. The highest BCUT2D eigenvalue weighted by Crippen LogP contribution is 2.28. The van der Waals surface area contributed by atoms with E-state index in [1.54, 1.807) is 6.20 Å². The molecule has 3 rings (SSSR count). The van der Waals surface area contributed by atoms with Gasteiger partial charge in [-0.25, -0.2) is 4.98 Å². The Morgan fingerprint density at radius 2 is 2.26 bits per heavy atom. The summed E-state index contributed by atoms with van der Waals surface area (Å²) in [5.41, 5.74) is 1.03. The minimum absolute atomic E-state index is 0.104. The van der Waals surface area contributed by atoms with Gasteiger partial charge in [-0.1, -0.05) is 12.8 Å². The van der Waals surface area contributed by atoms with E-state index in [-0.39, 0.29) is 12.0 Å². The predicted octanol–water partition coefficient (Wildman–Crippen LogP) is 1.81. The fourth-order valence-corrected chi connectivity index (χ4v) is 3.04. The first-order chi connectivity index (χ1) is 9.24. The van der Waals surface area contributed by atoms with Crippen molar-refractivity contribution in [3.05, 3.63) is 17.7 Å². The molecule has 2 fully saturated rings. The average molecular weight is 263 g/mol. The number of rotatable bonds is 2. The number of aromatic amines is 1. The lowest BCUT2D eigenvalue weighted by Crippen LogP contribution is -2.44. The molecule has 0 radical (unpaired) electrons. The third-order valence-electron chi connectivity index (χ3n) is 4.11. The van der Waals surface area contributed by atoms with E-state index in [9.17, 15) is 4.79 Å². The number of hydrogen-bond acceptors (Lipinski definition) is 3. The highest BCUT2D eigenvalue weighted by Gasteiger charge is 2.32. The summed E-state index contributed by atoms with van der Waals surface area (Å²) in [4.78, 5) is 21.9. The Morgan fingerprint density at radius 1 is 1.47 bits per heavy atom. The number of hydrogen-bond donors (Lipinski definition) is 1. The number of carbonyl (C=O) groups excluding carboxylic acids is 1. The van der Waals surface area contributed by atoms with Crippen LogP contribution in [0.25, 0.3) is 0 Å². The molecule has 5 heteroatoms. The van der Waals surface area contributed by atoms with E-state index < -0.39 is 0 Å². The van der Waals surface area contributed by atoms with Crippen molar-refractivity contribution in [3.8, 4) is 0 Å². The maximum atomic E-state index is 12.4. The van der Waals surface area contributed by atoms with Gasteiger partial charge in [-0.2, -0.15) is 0 Å². The molecule has 1 saturated heterocycles. The molecular formula is C14H21N3O2. The molecule has 1 aromatic rings. The molecule has 104 valence electrons. The van der Waals surface area contributed by atoms with Crippen molar-refractivity contribution in [2.45, 2.75) is 38.7 Å². The van der Waals surface area contributed by atoms with Gasteiger partial charge in [-0.05, 0) is 19.8 Å². The van der Waals surface area contributed by atoms with Crippen LogP contribution in [0, 0.1) is 12.8 Å². The molecule has 19 heavy (non-hydrogen) atoms. The molecule has 1 N–H and O–H groups in total. The van der Waals surface area contributed by atoms with Crippen molar-refractivity contribution >= 4 is 5.91 Å². The van der Waals surface area contributed by atoms with Crippen molar-refractivity contribution < 1.29 is 9.53 Å². The number of nitrogens with one attached hydrogen (secondary N) is 1. The molecule has 5 nitrogen and oxygen atoms in total. The normalized spacial score (nSPS) is 24.9. The summed E-state index contributed by atoms with van der Waals surface area (Å²) in [6.07, 6.45) is 6.20. The van der Waals surface area contributed by atoms with Gasteiger partial charge in [0, 0.05) is 24.4 Å². The standard InChI is InChI=1S/C14H21N3O2/c1-10-8-15-13(16-10)12-9-17(6-7-19-12)14(18)11-4-2-3-5-11/h8,11-12H,2-7,9H2,1H3,(H,15,16)/t12-/m1/s1. The van der Waals surface area contributed by atoms with Gasteiger partial charge >= 0.3 is 0 Å². The van der Waals surface area contributed by atoms with Gasteiger partial charge in [0.1, 0.15) is 11.9 Å². The summed E-state index contributed by atoms with van der Waals surface area (Å²) in [7, 11) is 0. The van der Waals surface area contributed by atoms with E-state index in [2.05, 4.69) is 9.97 Å². The summed E-state index contributed by atoms with van der Waals surface area (Å²) in [6.45, 7) is 3.91. The maximum absolute atomic E-state index is 12.4. The third-order valence-corrected chi connectivity index (χ3v) is 4.11. The number of morpholine rings is 1. The summed E-state index contributed by atoms with van der Waals surface area (Å²) >= 11 is 0. The Labute approximate surface area is 113 Å². The molecule has 1 amide bonds. The number of imidazole rings is 1. The fraction of sp³-hybridized carbons (Fsp3) is 0.714. The maximum Gasteiger partial charge on any atom is 0.225 e. The molecule has 1 saturated carbocycles. The molecule has 1 aromatic heterocycles. The Balaban J connectivity index is 1.65. The highest BCUT2D eigenvalue weighted by atomic mass is 16.5. The zero-order valence-electron chi connectivity index (χ0n) is 11.4. The average Bonchev–Trinajstić information content (AvgIpc) is 3.09. The lowest BCUT2D eigenvalue weighted by atomic mass is 10.1. The third kappa shape index (κ3) is 2.66. The number of ether oxygens (including phenoxy) is 1. The number of amides is 1. The molecule has 0 spiro atoms. The van der Waals surface area contributed by atoms with Crippen LogP contribution < -0.4 is 0 Å². The second-order valence-electron chi connectivity index (χ2n) is 5.58. The van der Waals surface area contributed by atoms with Crippen LogP contribution in [0.2, 0.25) is 0 Å². The van der Waals surface area contributed by atoms with E-state index in [1.807, 2.05) is 11.8 Å². The van der Waals surface area contributed by atoms with Crippen molar-refractivity contribution in [1.82, 2.24) is 14.9 Å². The van der Waals surface area contributed by atoms with Crippen LogP contribution in [0.4, 0.5) is 0 Å². The Hall–Kier alpha value is -1.36.